The summed E-state index contributed by atoms with van der Waals surface area (Å²) in [6, 6.07) is 13.7. The standard InChI is InChI=1S/C21H25ClN2O2/c1-16-14-17(2)21(19(22)15-16)24-11-9-23(10-12-24)20(25)8-13-26-18-6-4-3-5-7-18/h3-7,14-15H,8-13H2,1-2H3. The minimum Gasteiger partial charge on any atom is -0.493 e. The van der Waals surface area contributed by atoms with Crippen LogP contribution in [0, 0.1) is 13.8 Å². The third kappa shape index (κ3) is 4.50. The van der Waals surface area contributed by atoms with E-state index in [1.807, 2.05) is 41.3 Å². The Hall–Kier alpha value is -2.20. The van der Waals surface area contributed by atoms with Gasteiger partial charge in [-0.25, -0.2) is 0 Å². The van der Waals surface area contributed by atoms with Gasteiger partial charge in [0, 0.05) is 26.2 Å². The summed E-state index contributed by atoms with van der Waals surface area (Å²) in [7, 11) is 0. The van der Waals surface area contributed by atoms with E-state index in [-0.39, 0.29) is 5.91 Å². The number of anilines is 1. The molecule has 1 fully saturated rings. The zero-order chi connectivity index (χ0) is 18.5. The molecule has 2 aromatic rings. The van der Waals surface area contributed by atoms with Crippen LogP contribution in [0.5, 0.6) is 5.75 Å². The van der Waals surface area contributed by atoms with Crippen LogP contribution in [0.2, 0.25) is 5.02 Å². The van der Waals surface area contributed by atoms with Crippen LogP contribution in [0.15, 0.2) is 42.5 Å². The predicted octanol–water partition coefficient (Wildman–Crippen LogP) is 4.07. The van der Waals surface area contributed by atoms with Crippen LogP contribution in [-0.2, 0) is 4.79 Å². The molecule has 0 bridgehead atoms. The monoisotopic (exact) mass is 372 g/mol. The molecule has 26 heavy (non-hydrogen) atoms. The second kappa shape index (κ2) is 8.45. The molecule has 3 rings (SSSR count). The summed E-state index contributed by atoms with van der Waals surface area (Å²) in [6.07, 6.45) is 0.402. The minimum absolute atomic E-state index is 0.146. The van der Waals surface area contributed by atoms with E-state index < -0.39 is 0 Å². The number of carbonyl (C=O) groups is 1. The molecular formula is C21H25ClN2O2. The molecule has 1 aliphatic heterocycles. The minimum atomic E-state index is 0.146. The highest BCUT2D eigenvalue weighted by Gasteiger charge is 2.23. The molecule has 0 aromatic heterocycles. The molecule has 0 saturated carbocycles. The third-order valence-corrected chi connectivity index (χ3v) is 4.96. The lowest BCUT2D eigenvalue weighted by atomic mass is 10.1. The van der Waals surface area contributed by atoms with Crippen LogP contribution in [0.3, 0.4) is 0 Å². The summed E-state index contributed by atoms with van der Waals surface area (Å²) in [6.45, 7) is 7.58. The van der Waals surface area contributed by atoms with Crippen molar-refractivity contribution in [3.8, 4) is 5.75 Å². The van der Waals surface area contributed by atoms with E-state index in [1.54, 1.807) is 0 Å². The maximum Gasteiger partial charge on any atom is 0.226 e. The summed E-state index contributed by atoms with van der Waals surface area (Å²) in [5.41, 5.74) is 3.45. The van der Waals surface area contributed by atoms with Crippen LogP contribution < -0.4 is 9.64 Å². The SMILES string of the molecule is Cc1cc(C)c(N2CCN(C(=O)CCOc3ccccc3)CC2)c(Cl)c1. The number of hydrogen-bond donors (Lipinski definition) is 0. The van der Waals surface area contributed by atoms with Crippen molar-refractivity contribution in [2.45, 2.75) is 20.3 Å². The molecule has 5 heteroatoms. The Morgan fingerprint density at radius 1 is 1.08 bits per heavy atom. The molecule has 0 atom stereocenters. The van der Waals surface area contributed by atoms with E-state index in [0.717, 1.165) is 29.5 Å². The second-order valence-corrected chi connectivity index (χ2v) is 7.10. The zero-order valence-corrected chi connectivity index (χ0v) is 16.1. The molecule has 2 aromatic carbocycles. The van der Waals surface area contributed by atoms with Gasteiger partial charge in [0.2, 0.25) is 5.91 Å². The second-order valence-electron chi connectivity index (χ2n) is 6.69. The van der Waals surface area contributed by atoms with Crippen LogP contribution in [0.1, 0.15) is 17.5 Å². The molecule has 1 aliphatic rings. The van der Waals surface area contributed by atoms with Crippen molar-refractivity contribution in [2.24, 2.45) is 0 Å². The average Bonchev–Trinajstić information content (AvgIpc) is 2.62. The molecule has 0 aliphatic carbocycles. The Bertz CT molecular complexity index is 733. The maximum absolute atomic E-state index is 12.4. The van der Waals surface area contributed by atoms with Gasteiger partial charge in [0.1, 0.15) is 5.75 Å². The molecule has 1 amide bonds. The predicted molar refractivity (Wildman–Crippen MR) is 106 cm³/mol. The van der Waals surface area contributed by atoms with Crippen LogP contribution >= 0.6 is 11.6 Å². The number of benzene rings is 2. The van der Waals surface area contributed by atoms with E-state index >= 15 is 0 Å². The van der Waals surface area contributed by atoms with Crippen molar-refractivity contribution in [1.82, 2.24) is 4.90 Å². The fourth-order valence-electron chi connectivity index (χ4n) is 3.42. The quantitative estimate of drug-likeness (QED) is 0.793. The van der Waals surface area contributed by atoms with Gasteiger partial charge in [0.05, 0.1) is 23.7 Å². The van der Waals surface area contributed by atoms with Gasteiger partial charge < -0.3 is 14.5 Å². The summed E-state index contributed by atoms with van der Waals surface area (Å²) in [5, 5.41) is 0.790. The molecule has 0 unspecified atom stereocenters. The van der Waals surface area contributed by atoms with Crippen LogP contribution in [0.4, 0.5) is 5.69 Å². The summed E-state index contributed by atoms with van der Waals surface area (Å²) in [5.74, 6) is 0.946. The first-order valence-electron chi connectivity index (χ1n) is 9.02. The third-order valence-electron chi connectivity index (χ3n) is 4.67. The van der Waals surface area contributed by atoms with Gasteiger partial charge in [-0.05, 0) is 43.2 Å². The largest absolute Gasteiger partial charge is 0.493 e. The number of piperazine rings is 1. The summed E-state index contributed by atoms with van der Waals surface area (Å²) >= 11 is 6.46. The Morgan fingerprint density at radius 3 is 2.42 bits per heavy atom. The number of rotatable bonds is 5. The first-order chi connectivity index (χ1) is 12.5. The summed E-state index contributed by atoms with van der Waals surface area (Å²) < 4.78 is 5.63. The van der Waals surface area contributed by atoms with Gasteiger partial charge in [-0.15, -0.1) is 0 Å². The molecule has 0 radical (unpaired) electrons. The van der Waals surface area contributed by atoms with Crippen molar-refractivity contribution in [3.63, 3.8) is 0 Å². The molecule has 0 N–H and O–H groups in total. The van der Waals surface area contributed by atoms with E-state index in [1.165, 1.54) is 11.1 Å². The highest BCUT2D eigenvalue weighted by Crippen LogP contribution is 2.31. The highest BCUT2D eigenvalue weighted by atomic mass is 35.5. The average molecular weight is 373 g/mol. The Kier molecular flexibility index (Phi) is 6.04. The van der Waals surface area contributed by atoms with Crippen LogP contribution in [-0.4, -0.2) is 43.6 Å². The van der Waals surface area contributed by atoms with Crippen molar-refractivity contribution in [1.29, 1.82) is 0 Å². The molecule has 4 nitrogen and oxygen atoms in total. The number of para-hydroxylation sites is 1. The van der Waals surface area contributed by atoms with Crippen molar-refractivity contribution < 1.29 is 9.53 Å². The van der Waals surface area contributed by atoms with Crippen LogP contribution in [0.25, 0.3) is 0 Å². The molecule has 0 spiro atoms. The number of halogens is 1. The van der Waals surface area contributed by atoms with E-state index in [2.05, 4.69) is 24.8 Å². The van der Waals surface area contributed by atoms with Gasteiger partial charge in [-0.3, -0.25) is 4.79 Å². The lowest BCUT2D eigenvalue weighted by Gasteiger charge is -2.37. The van der Waals surface area contributed by atoms with Crippen molar-refractivity contribution >= 4 is 23.2 Å². The molecular weight excluding hydrogens is 348 g/mol. The van der Waals surface area contributed by atoms with Gasteiger partial charge in [0.15, 0.2) is 0 Å². The van der Waals surface area contributed by atoms with E-state index in [9.17, 15) is 4.79 Å². The number of amides is 1. The highest BCUT2D eigenvalue weighted by molar-refractivity contribution is 6.33. The van der Waals surface area contributed by atoms with Gasteiger partial charge in [-0.2, -0.15) is 0 Å². The molecule has 1 saturated heterocycles. The van der Waals surface area contributed by atoms with Gasteiger partial charge in [0.25, 0.3) is 0 Å². The Balaban J connectivity index is 1.50. The smallest absolute Gasteiger partial charge is 0.226 e. The van der Waals surface area contributed by atoms with E-state index in [4.69, 9.17) is 16.3 Å². The van der Waals surface area contributed by atoms with Gasteiger partial charge >= 0.3 is 0 Å². The number of hydrogen-bond acceptors (Lipinski definition) is 3. The Morgan fingerprint density at radius 2 is 1.77 bits per heavy atom. The number of nitrogens with zero attached hydrogens (tertiary/aromatic N) is 2. The van der Waals surface area contributed by atoms with Crippen molar-refractivity contribution in [2.75, 3.05) is 37.7 Å². The fourth-order valence-corrected chi connectivity index (χ4v) is 3.86. The lowest BCUT2D eigenvalue weighted by molar-refractivity contribution is -0.132. The maximum atomic E-state index is 12.4. The fraction of sp³-hybridized carbons (Fsp3) is 0.381. The number of ether oxygens (including phenoxy) is 1. The first kappa shape index (κ1) is 18.6. The lowest BCUT2D eigenvalue weighted by Crippen LogP contribution is -2.49. The number of aryl methyl sites for hydroxylation is 2. The topological polar surface area (TPSA) is 32.8 Å². The first-order valence-corrected chi connectivity index (χ1v) is 9.39. The number of carbonyl (C=O) groups excluding carboxylic acids is 1. The van der Waals surface area contributed by atoms with E-state index in [0.29, 0.717) is 26.1 Å². The Labute approximate surface area is 160 Å². The summed E-state index contributed by atoms with van der Waals surface area (Å²) in [4.78, 5) is 16.6. The molecule has 138 valence electrons. The zero-order valence-electron chi connectivity index (χ0n) is 15.4. The van der Waals surface area contributed by atoms with Crippen molar-refractivity contribution in [3.05, 3.63) is 58.6 Å². The normalized spacial score (nSPS) is 14.4. The van der Waals surface area contributed by atoms with Gasteiger partial charge in [-0.1, -0.05) is 35.9 Å². The molecule has 1 heterocycles.